The van der Waals surface area contributed by atoms with E-state index in [2.05, 4.69) is 109 Å². The number of hydrogen-bond acceptors (Lipinski definition) is 1. The lowest BCUT2D eigenvalue weighted by molar-refractivity contribution is 0.103. The molecule has 0 aliphatic rings. The van der Waals surface area contributed by atoms with Gasteiger partial charge >= 0.3 is 0 Å². The van der Waals surface area contributed by atoms with Crippen LogP contribution in [0.2, 0.25) is 0 Å². The van der Waals surface area contributed by atoms with Gasteiger partial charge in [-0.05, 0) is 125 Å². The average molecular weight is 483 g/mol. The highest BCUT2D eigenvalue weighted by atomic mass is 16.1. The minimum atomic E-state index is 0.0472. The minimum Gasteiger partial charge on any atom is -0.289 e. The molecule has 0 N–H and O–H groups in total. The molecule has 0 bridgehead atoms. The highest BCUT2D eigenvalue weighted by molar-refractivity contribution is 6.14. The Bertz CT molecular complexity index is 2090. The van der Waals surface area contributed by atoms with Gasteiger partial charge in [-0.3, -0.25) is 4.79 Å². The van der Waals surface area contributed by atoms with Crippen molar-refractivity contribution in [2.45, 2.75) is 0 Å². The molecule has 176 valence electrons. The molecule has 1 heteroatoms. The number of ketones is 1. The summed E-state index contributed by atoms with van der Waals surface area (Å²) in [5.74, 6) is 0.0472. The maximum absolute atomic E-state index is 13.6. The first-order valence-corrected chi connectivity index (χ1v) is 13.0. The van der Waals surface area contributed by atoms with Crippen molar-refractivity contribution in [3.05, 3.63) is 145 Å². The average Bonchev–Trinajstić information content (AvgIpc) is 2.95. The Morgan fingerprint density at radius 2 is 0.553 bits per heavy atom. The van der Waals surface area contributed by atoms with Crippen LogP contribution >= 0.6 is 0 Å². The van der Waals surface area contributed by atoms with Crippen LogP contribution in [0.15, 0.2) is 133 Å². The number of hydrogen-bond donors (Lipinski definition) is 0. The number of carbonyl (C=O) groups is 1. The van der Waals surface area contributed by atoms with E-state index in [1.54, 1.807) is 0 Å². The standard InChI is InChI=1S/C37H22O/c38-37(29-11-9-27-17-33-13-23-5-1-3-7-25(23)15-35(33)21-31(27)19-29)30-12-10-28-18-34-14-24-6-2-4-8-26(24)16-36(34)22-32(28)20-30/h1-22H. The van der Waals surface area contributed by atoms with Crippen LogP contribution in [-0.4, -0.2) is 5.78 Å². The van der Waals surface area contributed by atoms with Crippen LogP contribution in [0.25, 0.3) is 64.6 Å². The van der Waals surface area contributed by atoms with Gasteiger partial charge < -0.3 is 0 Å². The van der Waals surface area contributed by atoms with Crippen molar-refractivity contribution in [1.82, 2.24) is 0 Å². The van der Waals surface area contributed by atoms with E-state index in [9.17, 15) is 4.79 Å². The fourth-order valence-electron chi connectivity index (χ4n) is 5.83. The van der Waals surface area contributed by atoms with E-state index in [-0.39, 0.29) is 5.78 Å². The Kier molecular flexibility index (Phi) is 4.44. The van der Waals surface area contributed by atoms with E-state index in [1.807, 2.05) is 24.3 Å². The minimum absolute atomic E-state index is 0.0472. The van der Waals surface area contributed by atoms with Gasteiger partial charge in [-0.1, -0.05) is 72.8 Å². The molecule has 0 aliphatic heterocycles. The third kappa shape index (κ3) is 3.37. The molecule has 0 fully saturated rings. The van der Waals surface area contributed by atoms with Crippen molar-refractivity contribution < 1.29 is 4.79 Å². The summed E-state index contributed by atoms with van der Waals surface area (Å²) < 4.78 is 0. The van der Waals surface area contributed by atoms with Crippen molar-refractivity contribution in [2.75, 3.05) is 0 Å². The first-order valence-electron chi connectivity index (χ1n) is 13.0. The highest BCUT2D eigenvalue weighted by Crippen LogP contribution is 2.30. The molecule has 0 amide bonds. The number of fused-ring (bicyclic) bond motifs is 6. The van der Waals surface area contributed by atoms with E-state index in [4.69, 9.17) is 0 Å². The van der Waals surface area contributed by atoms with E-state index >= 15 is 0 Å². The zero-order chi connectivity index (χ0) is 25.2. The monoisotopic (exact) mass is 482 g/mol. The quantitative estimate of drug-likeness (QED) is 0.177. The van der Waals surface area contributed by atoms with E-state index in [1.165, 1.54) is 43.1 Å². The lowest BCUT2D eigenvalue weighted by Crippen LogP contribution is -2.01. The van der Waals surface area contributed by atoms with Crippen molar-refractivity contribution >= 4 is 70.4 Å². The molecule has 0 atom stereocenters. The van der Waals surface area contributed by atoms with Crippen LogP contribution in [0.4, 0.5) is 0 Å². The molecule has 0 heterocycles. The second-order valence-corrected chi connectivity index (χ2v) is 10.3. The zero-order valence-corrected chi connectivity index (χ0v) is 20.6. The van der Waals surface area contributed by atoms with E-state index in [0.29, 0.717) is 11.1 Å². The van der Waals surface area contributed by atoms with Gasteiger partial charge in [0.1, 0.15) is 0 Å². The lowest BCUT2D eigenvalue weighted by atomic mass is 9.94. The summed E-state index contributed by atoms with van der Waals surface area (Å²) in [4.78, 5) is 13.6. The molecule has 8 rings (SSSR count). The molecule has 8 aromatic rings. The third-order valence-corrected chi connectivity index (χ3v) is 7.84. The van der Waals surface area contributed by atoms with Gasteiger partial charge in [-0.25, -0.2) is 0 Å². The highest BCUT2D eigenvalue weighted by Gasteiger charge is 2.12. The van der Waals surface area contributed by atoms with E-state index in [0.717, 1.165) is 21.5 Å². The predicted octanol–water partition coefficient (Wildman–Crippen LogP) is 9.84. The first-order chi connectivity index (χ1) is 18.7. The summed E-state index contributed by atoms with van der Waals surface area (Å²) in [6, 6.07) is 46.7. The SMILES string of the molecule is O=C(c1ccc2cc3cc4ccccc4cc3cc2c1)c1ccc2cc3cc4ccccc4cc3cc2c1. The summed E-state index contributed by atoms with van der Waals surface area (Å²) >= 11 is 0. The zero-order valence-electron chi connectivity index (χ0n) is 20.6. The smallest absolute Gasteiger partial charge is 0.193 e. The lowest BCUT2D eigenvalue weighted by Gasteiger charge is -2.09. The topological polar surface area (TPSA) is 17.1 Å². The molecule has 38 heavy (non-hydrogen) atoms. The largest absolute Gasteiger partial charge is 0.289 e. The van der Waals surface area contributed by atoms with E-state index < -0.39 is 0 Å². The predicted molar refractivity (Wildman–Crippen MR) is 161 cm³/mol. The second kappa shape index (κ2) is 7.99. The number of rotatable bonds is 2. The second-order valence-electron chi connectivity index (χ2n) is 10.3. The van der Waals surface area contributed by atoms with Crippen LogP contribution < -0.4 is 0 Å². The molecule has 0 saturated heterocycles. The van der Waals surface area contributed by atoms with Gasteiger partial charge in [0.2, 0.25) is 0 Å². The summed E-state index contributed by atoms with van der Waals surface area (Å²) in [7, 11) is 0. The Morgan fingerprint density at radius 1 is 0.289 bits per heavy atom. The van der Waals surface area contributed by atoms with Crippen LogP contribution in [0, 0.1) is 0 Å². The maximum Gasteiger partial charge on any atom is 0.193 e. The van der Waals surface area contributed by atoms with Crippen LogP contribution in [0.1, 0.15) is 15.9 Å². The van der Waals surface area contributed by atoms with Gasteiger partial charge in [0, 0.05) is 11.1 Å². The van der Waals surface area contributed by atoms with Crippen molar-refractivity contribution in [3.63, 3.8) is 0 Å². The molecule has 0 aromatic heterocycles. The van der Waals surface area contributed by atoms with Gasteiger partial charge in [0.15, 0.2) is 5.78 Å². The summed E-state index contributed by atoms with van der Waals surface area (Å²) in [5, 5.41) is 14.2. The van der Waals surface area contributed by atoms with Gasteiger partial charge in [-0.15, -0.1) is 0 Å². The molecule has 1 nitrogen and oxygen atoms in total. The summed E-state index contributed by atoms with van der Waals surface area (Å²) in [5.41, 5.74) is 1.42. The van der Waals surface area contributed by atoms with Crippen molar-refractivity contribution in [1.29, 1.82) is 0 Å². The molecule has 0 aliphatic carbocycles. The molecule has 8 aromatic carbocycles. The number of benzene rings is 8. The molecular formula is C37H22O. The molecule has 0 unspecified atom stereocenters. The molecule has 0 saturated carbocycles. The molecular weight excluding hydrogens is 460 g/mol. The fraction of sp³-hybridized carbons (Fsp3) is 0. The van der Waals surface area contributed by atoms with Crippen molar-refractivity contribution in [3.8, 4) is 0 Å². The van der Waals surface area contributed by atoms with Crippen LogP contribution in [-0.2, 0) is 0 Å². The maximum atomic E-state index is 13.6. The Balaban J connectivity index is 1.22. The first kappa shape index (κ1) is 21.1. The molecule has 0 radical (unpaired) electrons. The normalized spacial score (nSPS) is 11.8. The van der Waals surface area contributed by atoms with Crippen LogP contribution in [0.5, 0.6) is 0 Å². The molecule has 0 spiro atoms. The van der Waals surface area contributed by atoms with Gasteiger partial charge in [-0.2, -0.15) is 0 Å². The Labute approximate surface area is 219 Å². The van der Waals surface area contributed by atoms with Crippen LogP contribution in [0.3, 0.4) is 0 Å². The van der Waals surface area contributed by atoms with Crippen molar-refractivity contribution in [2.24, 2.45) is 0 Å². The fourth-order valence-corrected chi connectivity index (χ4v) is 5.83. The Hall–Kier alpha value is -5.01. The van der Waals surface area contributed by atoms with Gasteiger partial charge in [0.05, 0.1) is 0 Å². The summed E-state index contributed by atoms with van der Waals surface area (Å²) in [6.45, 7) is 0. The Morgan fingerprint density at radius 3 is 0.895 bits per heavy atom. The third-order valence-electron chi connectivity index (χ3n) is 7.84. The number of carbonyl (C=O) groups excluding carboxylic acids is 1. The van der Waals surface area contributed by atoms with Gasteiger partial charge in [0.25, 0.3) is 0 Å². The summed E-state index contributed by atoms with van der Waals surface area (Å²) in [6.07, 6.45) is 0.